The van der Waals surface area contributed by atoms with Gasteiger partial charge >= 0.3 is 17.9 Å². The summed E-state index contributed by atoms with van der Waals surface area (Å²) in [5.74, 6) is -4.90. The first-order chi connectivity index (χ1) is 49.9. The number of para-hydroxylation sites is 2. The van der Waals surface area contributed by atoms with E-state index in [2.05, 4.69) is 15.3 Å². The Labute approximate surface area is 607 Å². The van der Waals surface area contributed by atoms with Gasteiger partial charge in [-0.2, -0.15) is 0 Å². The fourth-order valence-electron chi connectivity index (χ4n) is 12.1. The van der Waals surface area contributed by atoms with Gasteiger partial charge in [0.25, 0.3) is 5.91 Å². The molecule has 6 aromatic carbocycles. The molecule has 1 fully saturated rings. The van der Waals surface area contributed by atoms with E-state index >= 15 is 0 Å². The van der Waals surface area contributed by atoms with Gasteiger partial charge in [0.15, 0.2) is 0 Å². The summed E-state index contributed by atoms with van der Waals surface area (Å²) in [5.41, 5.74) is 11.0. The number of aliphatic hydroxyl groups excluding tert-OH is 6. The van der Waals surface area contributed by atoms with E-state index in [1.165, 1.54) is 67.7 Å². The Bertz CT molecular complexity index is 4640. The van der Waals surface area contributed by atoms with Gasteiger partial charge in [-0.1, -0.05) is 131 Å². The molecular weight excluding hydrogens is 1370 g/mol. The minimum Gasteiger partial charge on any atom is -0.481 e. The maximum atomic E-state index is 14.0. The zero-order valence-electron chi connectivity index (χ0n) is 58.8. The third-order valence-electron chi connectivity index (χ3n) is 17.2. The Morgan fingerprint density at radius 2 is 1.03 bits per heavy atom. The molecule has 0 spiro atoms. The van der Waals surface area contributed by atoms with E-state index < -0.39 is 89.6 Å². The number of aromatic nitrogens is 4. The Balaban J connectivity index is 0.000000201. The summed E-state index contributed by atoms with van der Waals surface area (Å²) < 4.78 is 68.2. The van der Waals surface area contributed by atoms with E-state index in [1.807, 2.05) is 117 Å². The quantitative estimate of drug-likeness (QED) is 0.0200. The molecule has 1 amide bonds. The second-order valence-electron chi connectivity index (χ2n) is 26.4. The third-order valence-corrected chi connectivity index (χ3v) is 18.4. The van der Waals surface area contributed by atoms with Crippen LogP contribution >= 0.6 is 0 Å². The van der Waals surface area contributed by atoms with Crippen molar-refractivity contribution in [3.8, 4) is 44.8 Å². The second kappa shape index (κ2) is 36.9. The van der Waals surface area contributed by atoms with Crippen molar-refractivity contribution in [2.75, 3.05) is 22.9 Å². The molecule has 105 heavy (non-hydrogen) atoms. The Morgan fingerprint density at radius 3 is 1.52 bits per heavy atom. The number of pyridine rings is 1. The zero-order chi connectivity index (χ0) is 76.4. The van der Waals surface area contributed by atoms with Crippen molar-refractivity contribution in [2.45, 2.75) is 146 Å². The first-order valence-corrected chi connectivity index (χ1v) is 36.1. The number of carbonyl (C=O) groups excluding carboxylic acids is 1. The first-order valence-electron chi connectivity index (χ1n) is 34.2. The molecule has 0 radical (unpaired) electrons. The van der Waals surface area contributed by atoms with Crippen molar-refractivity contribution in [1.29, 1.82) is 0 Å². The number of aliphatic carboxylic acids is 3. The van der Waals surface area contributed by atoms with Crippen LogP contribution < -0.4 is 9.62 Å². The van der Waals surface area contributed by atoms with Gasteiger partial charge in [-0.25, -0.2) is 35.9 Å². The molecule has 25 heteroatoms. The van der Waals surface area contributed by atoms with E-state index in [9.17, 15) is 71.4 Å². The van der Waals surface area contributed by atoms with Gasteiger partial charge < -0.3 is 55.8 Å². The fourth-order valence-corrected chi connectivity index (χ4v) is 12.5. The number of rotatable bonds is 30. The number of halogens is 3. The lowest BCUT2D eigenvalue weighted by Crippen LogP contribution is -2.27. The highest BCUT2D eigenvalue weighted by Crippen LogP contribution is 2.46. The standard InChI is InChI=1S/C33H35FN2O5.C25H24FNO4.C22H28FN3O6S/c1-21(2)31-30(33(41)35-25-11-7-4-8-12-25)29(22-9-5-3-6-10-22)32(23-13-15-24(34)16-14-23)36(31)18-17-26(37)19-27(38)20-28(39)40;26-17-9-7-15(8-10-17)24-20-3-1-2-4-22(20)27-25(16-5-6-16)21(24)12-11-18(28)13-19(29)14-23(30)31;1-13(2)20-18(10-9-16(27)11-17(28)12-19(29)30)21(14-5-7-15(23)8-6-14)25-22(24-20)26(3)33(4,31)32/h3-16,21,26-27,37-38H,17-20H2,1-2H3,(H,35,41)(H,39,40);1-4,7-12,16,18-19,28-29H,5-6,13-14H2,(H,30,31);5-10,13,16-17,27-28H,11-12H2,1-4H3,(H,29,30)/b;12-11+;10-9+/t26-,27-;;16-,17-/m1.1/s1. The monoisotopic (exact) mass is 1460 g/mol. The van der Waals surface area contributed by atoms with Crippen LogP contribution in [0.2, 0.25) is 0 Å². The van der Waals surface area contributed by atoms with Crippen molar-refractivity contribution in [2.24, 2.45) is 0 Å². The van der Waals surface area contributed by atoms with Crippen molar-refractivity contribution in [3.63, 3.8) is 0 Å². The largest absolute Gasteiger partial charge is 0.481 e. The van der Waals surface area contributed by atoms with Gasteiger partial charge in [0.05, 0.1) is 96.0 Å². The van der Waals surface area contributed by atoms with E-state index in [-0.39, 0.29) is 67.6 Å². The average Bonchev–Trinajstić information content (AvgIpc) is 1.48. The van der Waals surface area contributed by atoms with Gasteiger partial charge in [-0.05, 0) is 133 Å². The number of nitrogens with zero attached hydrogens (tertiary/aromatic N) is 5. The number of sulfonamides is 1. The summed E-state index contributed by atoms with van der Waals surface area (Å²) in [6.07, 6.45) is 1.15. The molecule has 1 saturated carbocycles. The molecule has 554 valence electrons. The molecule has 0 saturated heterocycles. The lowest BCUT2D eigenvalue weighted by molar-refractivity contribution is -0.140. The van der Waals surface area contributed by atoms with Crippen LogP contribution in [-0.2, 0) is 31.0 Å². The van der Waals surface area contributed by atoms with Gasteiger partial charge in [0, 0.05) is 76.9 Å². The fraction of sp³-hybridized carbons (Fsp3) is 0.312. The number of hydrogen-bond donors (Lipinski definition) is 10. The maximum absolute atomic E-state index is 14.0. The van der Waals surface area contributed by atoms with Gasteiger partial charge in [-0.3, -0.25) is 24.2 Å². The molecule has 10 N–H and O–H groups in total. The van der Waals surface area contributed by atoms with Gasteiger partial charge in [0.2, 0.25) is 16.0 Å². The molecule has 6 atom stereocenters. The van der Waals surface area contributed by atoms with Crippen LogP contribution in [0.3, 0.4) is 0 Å². The smallest absolute Gasteiger partial charge is 0.305 e. The van der Waals surface area contributed by atoms with Crippen molar-refractivity contribution in [3.05, 3.63) is 221 Å². The molecule has 3 heterocycles. The molecule has 10 rings (SSSR count). The van der Waals surface area contributed by atoms with Gasteiger partial charge in [0.1, 0.15) is 17.5 Å². The summed E-state index contributed by atoms with van der Waals surface area (Å²) in [5, 5.41) is 91.4. The van der Waals surface area contributed by atoms with Crippen molar-refractivity contribution < 1.29 is 86.7 Å². The molecule has 21 nitrogen and oxygen atoms in total. The zero-order valence-corrected chi connectivity index (χ0v) is 59.7. The molecule has 9 aromatic rings. The van der Waals surface area contributed by atoms with Crippen LogP contribution in [0.25, 0.3) is 67.8 Å². The Morgan fingerprint density at radius 1 is 0.562 bits per heavy atom. The van der Waals surface area contributed by atoms with Gasteiger partial charge in [-0.15, -0.1) is 0 Å². The second-order valence-corrected chi connectivity index (χ2v) is 28.4. The molecule has 3 aromatic heterocycles. The number of anilines is 2. The number of carboxylic acids is 3. The summed E-state index contributed by atoms with van der Waals surface area (Å²) in [6, 6.07) is 44.4. The van der Waals surface area contributed by atoms with Crippen molar-refractivity contribution in [1.82, 2.24) is 19.5 Å². The number of amides is 1. The summed E-state index contributed by atoms with van der Waals surface area (Å²) in [4.78, 5) is 60.2. The number of hydrogen-bond acceptors (Lipinski definition) is 15. The third kappa shape index (κ3) is 22.6. The number of carbonyl (C=O) groups is 4. The van der Waals surface area contributed by atoms with Crippen LogP contribution in [0, 0.1) is 17.5 Å². The number of nitrogens with one attached hydrogen (secondary N) is 1. The minimum absolute atomic E-state index is 0.0601. The highest BCUT2D eigenvalue weighted by atomic mass is 32.2. The summed E-state index contributed by atoms with van der Waals surface area (Å²) >= 11 is 0. The predicted octanol–water partition coefficient (Wildman–Crippen LogP) is 13.2. The molecule has 1 aliphatic carbocycles. The van der Waals surface area contributed by atoms with Crippen LogP contribution in [0.5, 0.6) is 0 Å². The summed E-state index contributed by atoms with van der Waals surface area (Å²) in [7, 11) is -2.33. The number of fused-ring (bicyclic) bond motifs is 1. The van der Waals surface area contributed by atoms with E-state index in [4.69, 9.17) is 20.3 Å². The number of carboxylic acid groups (broad SMARTS) is 3. The Kier molecular flexibility index (Phi) is 28.3. The van der Waals surface area contributed by atoms with Crippen molar-refractivity contribution >= 4 is 68.5 Å². The van der Waals surface area contributed by atoms with E-state index in [0.717, 1.165) is 67.9 Å². The van der Waals surface area contributed by atoms with Crippen LogP contribution in [0.15, 0.2) is 170 Å². The Hall–Kier alpha value is -10.3. The lowest BCUT2D eigenvalue weighted by atomic mass is 9.92. The average molecular weight is 1460 g/mol. The summed E-state index contributed by atoms with van der Waals surface area (Å²) in [6.45, 7) is 7.96. The molecular formula is C80H87F3N6O15S. The molecule has 2 unspecified atom stereocenters. The molecule has 0 aliphatic heterocycles. The topological polar surface area (TPSA) is 343 Å². The maximum Gasteiger partial charge on any atom is 0.305 e. The van der Waals surface area contributed by atoms with E-state index in [0.29, 0.717) is 56.5 Å². The normalized spacial score (nSPS) is 14.1. The highest BCUT2D eigenvalue weighted by molar-refractivity contribution is 7.92. The first kappa shape index (κ1) is 80.4. The molecule has 1 aliphatic rings. The van der Waals surface area contributed by atoms with E-state index in [1.54, 1.807) is 36.4 Å². The minimum atomic E-state index is -3.65. The lowest BCUT2D eigenvalue weighted by Gasteiger charge is -2.20. The number of aliphatic hydroxyl groups is 6. The molecule has 0 bridgehead atoms. The highest BCUT2D eigenvalue weighted by Gasteiger charge is 2.33. The van der Waals surface area contributed by atoms with Crippen LogP contribution in [0.4, 0.5) is 24.8 Å². The SMILES string of the molecule is CC(C)c1c(C(=O)Nc2ccccc2)c(-c2ccccc2)c(-c2ccc(F)cc2)n1CC[C@@H](O)C[C@@H](O)CC(=O)O.CC(C)c1nc(N(C)S(C)(=O)=O)nc(-c2ccc(F)cc2)c1/C=C/[C@@H](O)C[C@@H](O)CC(=O)O.O=C(O)CC(O)CC(O)/C=C/c1c(C2CC2)nc2ccccc2c1-c1ccc(F)cc1. The predicted molar refractivity (Wildman–Crippen MR) is 397 cm³/mol. The van der Waals surface area contributed by atoms with Crippen LogP contribution in [0.1, 0.15) is 142 Å². The van der Waals surface area contributed by atoms with Crippen LogP contribution in [-0.4, -0.2) is 148 Å². The number of benzene rings is 6.